The summed E-state index contributed by atoms with van der Waals surface area (Å²) in [6.45, 7) is 0.902. The molecule has 0 saturated carbocycles. The van der Waals surface area contributed by atoms with Crippen LogP contribution in [0.1, 0.15) is 22.3 Å². The quantitative estimate of drug-likeness (QED) is 0.410. The first-order chi connectivity index (χ1) is 11.2. The van der Waals surface area contributed by atoms with Crippen molar-refractivity contribution in [2.24, 2.45) is 0 Å². The fraction of sp³-hybridized carbons (Fsp3) is 0.176. The van der Waals surface area contributed by atoms with Gasteiger partial charge in [0, 0.05) is 27.7 Å². The highest BCUT2D eigenvalue weighted by Gasteiger charge is 2.05. The second-order valence-electron chi connectivity index (χ2n) is 4.69. The van der Waals surface area contributed by atoms with E-state index in [9.17, 15) is 4.79 Å². The van der Waals surface area contributed by atoms with E-state index in [0.717, 1.165) is 9.13 Å². The largest absolute Gasteiger partial charge is 0.489 e. The molecular formula is C17H16IN3O2. The van der Waals surface area contributed by atoms with Crippen molar-refractivity contribution in [1.29, 1.82) is 5.26 Å². The van der Waals surface area contributed by atoms with Crippen LogP contribution in [0.5, 0.6) is 5.75 Å². The van der Waals surface area contributed by atoms with Crippen LogP contribution in [0.25, 0.3) is 0 Å². The van der Waals surface area contributed by atoms with Gasteiger partial charge in [0.1, 0.15) is 12.4 Å². The smallest absolute Gasteiger partial charge is 0.265 e. The minimum absolute atomic E-state index is 0.243. The van der Waals surface area contributed by atoms with Crippen molar-refractivity contribution in [2.75, 3.05) is 6.54 Å². The fourth-order valence-corrected chi connectivity index (χ4v) is 2.36. The molecule has 0 fully saturated rings. The number of benzene rings is 2. The third kappa shape index (κ3) is 5.54. The van der Waals surface area contributed by atoms with Gasteiger partial charge in [-0.15, -0.1) is 0 Å². The van der Waals surface area contributed by atoms with Gasteiger partial charge in [-0.25, -0.2) is 5.43 Å². The van der Waals surface area contributed by atoms with Crippen molar-refractivity contribution in [3.63, 3.8) is 0 Å². The van der Waals surface area contributed by atoms with E-state index in [0.29, 0.717) is 30.9 Å². The van der Waals surface area contributed by atoms with Crippen molar-refractivity contribution < 1.29 is 9.53 Å². The Morgan fingerprint density at radius 3 is 2.61 bits per heavy atom. The average Bonchev–Trinajstić information content (AvgIpc) is 2.58. The number of hydrazine groups is 1. The third-order valence-electron chi connectivity index (χ3n) is 3.03. The lowest BCUT2D eigenvalue weighted by molar-refractivity contribution is 0.0933. The highest BCUT2D eigenvalue weighted by molar-refractivity contribution is 14.1. The van der Waals surface area contributed by atoms with E-state index in [-0.39, 0.29) is 5.91 Å². The van der Waals surface area contributed by atoms with Gasteiger partial charge in [0.05, 0.1) is 6.07 Å². The second kappa shape index (κ2) is 9.12. The second-order valence-corrected chi connectivity index (χ2v) is 5.86. The van der Waals surface area contributed by atoms with E-state index >= 15 is 0 Å². The Balaban J connectivity index is 1.86. The number of nitrogens with one attached hydrogen (secondary N) is 2. The monoisotopic (exact) mass is 421 g/mol. The van der Waals surface area contributed by atoms with Crippen LogP contribution in [-0.2, 0) is 6.61 Å². The van der Waals surface area contributed by atoms with Gasteiger partial charge >= 0.3 is 0 Å². The first kappa shape index (κ1) is 17.2. The molecule has 0 heterocycles. The maximum Gasteiger partial charge on any atom is 0.265 e. The molecule has 0 aliphatic heterocycles. The number of carbonyl (C=O) groups excluding carboxylic acids is 1. The van der Waals surface area contributed by atoms with Crippen molar-refractivity contribution >= 4 is 28.5 Å². The van der Waals surface area contributed by atoms with Crippen LogP contribution in [0.2, 0.25) is 0 Å². The SMILES string of the molecule is N#CCCNNC(=O)c1ccc(OCc2ccccc2I)cc1. The topological polar surface area (TPSA) is 74.2 Å². The molecule has 0 aliphatic rings. The van der Waals surface area contributed by atoms with Crippen molar-refractivity contribution in [1.82, 2.24) is 10.9 Å². The number of hydrogen-bond donors (Lipinski definition) is 2. The summed E-state index contributed by atoms with van der Waals surface area (Å²) in [5.74, 6) is 0.464. The Labute approximate surface area is 148 Å². The van der Waals surface area contributed by atoms with E-state index < -0.39 is 0 Å². The molecule has 0 saturated heterocycles. The average molecular weight is 421 g/mol. The van der Waals surface area contributed by atoms with Crippen LogP contribution in [0.4, 0.5) is 0 Å². The Bertz CT molecular complexity index is 696. The predicted molar refractivity (Wildman–Crippen MR) is 95.6 cm³/mol. The van der Waals surface area contributed by atoms with Crippen LogP contribution < -0.4 is 15.6 Å². The molecule has 2 aromatic rings. The molecule has 0 atom stereocenters. The number of rotatable bonds is 7. The van der Waals surface area contributed by atoms with E-state index in [1.54, 1.807) is 24.3 Å². The highest BCUT2D eigenvalue weighted by Crippen LogP contribution is 2.17. The predicted octanol–water partition coefficient (Wildman–Crippen LogP) is 3.02. The molecule has 0 radical (unpaired) electrons. The summed E-state index contributed by atoms with van der Waals surface area (Å²) in [6.07, 6.45) is 0.339. The zero-order valence-corrected chi connectivity index (χ0v) is 14.5. The summed E-state index contributed by atoms with van der Waals surface area (Å²) in [4.78, 5) is 11.8. The molecule has 2 rings (SSSR count). The van der Waals surface area contributed by atoms with Gasteiger partial charge in [0.15, 0.2) is 0 Å². The molecule has 0 aromatic heterocycles. The molecule has 0 spiro atoms. The van der Waals surface area contributed by atoms with E-state index in [1.165, 1.54) is 0 Å². The molecular weight excluding hydrogens is 405 g/mol. The maximum absolute atomic E-state index is 11.8. The van der Waals surface area contributed by atoms with Gasteiger partial charge in [-0.1, -0.05) is 18.2 Å². The standard InChI is InChI=1S/C17H16IN3O2/c18-16-5-2-1-4-14(16)12-23-15-8-6-13(7-9-15)17(22)21-20-11-3-10-19/h1-2,4-9,20H,3,11-12H2,(H,21,22). The molecule has 2 N–H and O–H groups in total. The molecule has 0 bridgehead atoms. The molecule has 23 heavy (non-hydrogen) atoms. The molecule has 2 aromatic carbocycles. The van der Waals surface area contributed by atoms with Crippen LogP contribution in [0.3, 0.4) is 0 Å². The Hall–Kier alpha value is -2.11. The molecule has 0 aliphatic carbocycles. The summed E-state index contributed by atoms with van der Waals surface area (Å²) in [5.41, 5.74) is 6.88. The van der Waals surface area contributed by atoms with Gasteiger partial charge in [-0.05, 0) is 52.9 Å². The normalized spacial score (nSPS) is 9.91. The van der Waals surface area contributed by atoms with Crippen molar-refractivity contribution in [3.8, 4) is 11.8 Å². The molecule has 6 heteroatoms. The highest BCUT2D eigenvalue weighted by atomic mass is 127. The molecule has 0 unspecified atom stereocenters. The zero-order chi connectivity index (χ0) is 16.5. The van der Waals surface area contributed by atoms with Crippen molar-refractivity contribution in [3.05, 3.63) is 63.2 Å². The van der Waals surface area contributed by atoms with Crippen LogP contribution in [-0.4, -0.2) is 12.5 Å². The number of ether oxygens (including phenoxy) is 1. The number of amides is 1. The molecule has 118 valence electrons. The lowest BCUT2D eigenvalue weighted by Gasteiger charge is -2.09. The Morgan fingerprint density at radius 1 is 1.17 bits per heavy atom. The van der Waals surface area contributed by atoms with Gasteiger partial charge in [-0.3, -0.25) is 10.2 Å². The van der Waals surface area contributed by atoms with E-state index in [4.69, 9.17) is 10.00 Å². The Morgan fingerprint density at radius 2 is 1.91 bits per heavy atom. The maximum atomic E-state index is 11.8. The summed E-state index contributed by atoms with van der Waals surface area (Å²) < 4.78 is 6.89. The van der Waals surface area contributed by atoms with E-state index in [2.05, 4.69) is 33.4 Å². The summed E-state index contributed by atoms with van der Waals surface area (Å²) in [7, 11) is 0. The molecule has 1 amide bonds. The number of hydrogen-bond acceptors (Lipinski definition) is 4. The van der Waals surface area contributed by atoms with E-state index in [1.807, 2.05) is 30.3 Å². The number of nitrogens with zero attached hydrogens (tertiary/aromatic N) is 1. The Kier molecular flexibility index (Phi) is 6.84. The van der Waals surface area contributed by atoms with Gasteiger partial charge in [-0.2, -0.15) is 5.26 Å². The van der Waals surface area contributed by atoms with Crippen LogP contribution >= 0.6 is 22.6 Å². The number of nitriles is 1. The minimum Gasteiger partial charge on any atom is -0.489 e. The third-order valence-corrected chi connectivity index (χ3v) is 4.08. The summed E-state index contributed by atoms with van der Waals surface area (Å²) >= 11 is 2.28. The summed E-state index contributed by atoms with van der Waals surface area (Å²) in [5, 5.41) is 8.41. The van der Waals surface area contributed by atoms with Crippen LogP contribution in [0.15, 0.2) is 48.5 Å². The lowest BCUT2D eigenvalue weighted by Crippen LogP contribution is -2.37. The van der Waals surface area contributed by atoms with Crippen molar-refractivity contribution in [2.45, 2.75) is 13.0 Å². The zero-order valence-electron chi connectivity index (χ0n) is 12.4. The molecule has 5 nitrogen and oxygen atoms in total. The lowest BCUT2D eigenvalue weighted by atomic mass is 10.2. The fourth-order valence-electron chi connectivity index (χ4n) is 1.81. The van der Waals surface area contributed by atoms with Crippen LogP contribution in [0, 0.1) is 14.9 Å². The summed E-state index contributed by atoms with van der Waals surface area (Å²) in [6, 6.07) is 16.9. The van der Waals surface area contributed by atoms with Gasteiger partial charge < -0.3 is 4.74 Å². The first-order valence-corrected chi connectivity index (χ1v) is 8.15. The number of halogens is 1. The van der Waals surface area contributed by atoms with Gasteiger partial charge in [0.25, 0.3) is 5.91 Å². The minimum atomic E-state index is -0.243. The first-order valence-electron chi connectivity index (χ1n) is 7.07. The number of carbonyl (C=O) groups is 1. The van der Waals surface area contributed by atoms with Gasteiger partial charge in [0.2, 0.25) is 0 Å².